The lowest BCUT2D eigenvalue weighted by Gasteiger charge is -2.37. The van der Waals surface area contributed by atoms with Crippen molar-refractivity contribution in [2.75, 3.05) is 38.0 Å². The Morgan fingerprint density at radius 1 is 0.905 bits per heavy atom. The molecule has 0 radical (unpaired) electrons. The molecule has 3 fully saturated rings. The highest BCUT2D eigenvalue weighted by Crippen LogP contribution is 2.52. The smallest absolute Gasteiger partial charge is 0.410 e. The van der Waals surface area contributed by atoms with Crippen LogP contribution in [0.2, 0.25) is 0 Å². The molecule has 2 aromatic rings. The molecular formula is C34H48N4O3S. The van der Waals surface area contributed by atoms with Crippen molar-refractivity contribution >= 4 is 28.3 Å². The van der Waals surface area contributed by atoms with E-state index in [-0.39, 0.29) is 18.1 Å². The summed E-state index contributed by atoms with van der Waals surface area (Å²) in [6, 6.07) is 10.2. The average Bonchev–Trinajstić information content (AvgIpc) is 3.68. The standard InChI is InChI=1S/C34H48N4O3S/c1-21-16-22(2)18-23(17-21)29-27(20-36-12-14-37(15-13-36)32(40)41-33(3,4)5)26-19-28(42-30(26)35-29)34(6,7)31(39)38-24-8-9-25(38)11-10-24/h16-19,24-25,27,29,35H,8-15,20H2,1-7H3. The summed E-state index contributed by atoms with van der Waals surface area (Å²) in [5, 5.41) is 5.12. The first-order valence-corrected chi connectivity index (χ1v) is 16.6. The van der Waals surface area contributed by atoms with Crippen molar-refractivity contribution in [3.63, 3.8) is 0 Å². The lowest BCUT2D eigenvalue weighted by atomic mass is 9.85. The maximum Gasteiger partial charge on any atom is 0.410 e. The average molecular weight is 593 g/mol. The van der Waals surface area contributed by atoms with Crippen molar-refractivity contribution in [2.24, 2.45) is 0 Å². The first-order chi connectivity index (χ1) is 19.8. The van der Waals surface area contributed by atoms with E-state index in [0.717, 1.165) is 50.2 Å². The van der Waals surface area contributed by atoms with Crippen LogP contribution in [0.3, 0.4) is 0 Å². The number of ether oxygens (including phenoxy) is 1. The Labute approximate surface area is 255 Å². The third-order valence-electron chi connectivity index (χ3n) is 9.77. The Morgan fingerprint density at radius 2 is 1.50 bits per heavy atom. The van der Waals surface area contributed by atoms with Gasteiger partial charge in [0, 0.05) is 55.6 Å². The summed E-state index contributed by atoms with van der Waals surface area (Å²) in [6.45, 7) is 18.2. The minimum absolute atomic E-state index is 0.177. The van der Waals surface area contributed by atoms with E-state index in [2.05, 4.69) is 67.1 Å². The zero-order valence-electron chi connectivity index (χ0n) is 26.5. The molecule has 4 aliphatic heterocycles. The third kappa shape index (κ3) is 5.57. The van der Waals surface area contributed by atoms with Gasteiger partial charge in [0.05, 0.1) is 16.5 Å². The van der Waals surface area contributed by atoms with E-state index in [1.807, 2.05) is 25.7 Å². The summed E-state index contributed by atoms with van der Waals surface area (Å²) in [7, 11) is 0. The van der Waals surface area contributed by atoms with Crippen molar-refractivity contribution in [3.8, 4) is 0 Å². The highest BCUT2D eigenvalue weighted by Gasteiger charge is 2.48. The molecule has 1 N–H and O–H groups in total. The van der Waals surface area contributed by atoms with Gasteiger partial charge in [0.2, 0.25) is 5.91 Å². The number of rotatable bonds is 5. The fourth-order valence-electron chi connectivity index (χ4n) is 7.62. The van der Waals surface area contributed by atoms with Crippen LogP contribution in [-0.2, 0) is 14.9 Å². The highest BCUT2D eigenvalue weighted by atomic mass is 32.1. The van der Waals surface area contributed by atoms with E-state index in [1.165, 1.54) is 27.3 Å². The molecule has 1 aromatic heterocycles. The maximum absolute atomic E-state index is 13.9. The zero-order valence-corrected chi connectivity index (χ0v) is 27.3. The maximum atomic E-state index is 13.9. The number of nitrogens with zero attached hydrogens (tertiary/aromatic N) is 3. The van der Waals surface area contributed by atoms with Gasteiger partial charge >= 0.3 is 6.09 Å². The van der Waals surface area contributed by atoms with Gasteiger partial charge in [-0.2, -0.15) is 0 Å². The number of hydrogen-bond donors (Lipinski definition) is 1. The molecule has 42 heavy (non-hydrogen) atoms. The minimum Gasteiger partial charge on any atom is -0.444 e. The summed E-state index contributed by atoms with van der Waals surface area (Å²) >= 11 is 1.77. The summed E-state index contributed by atoms with van der Waals surface area (Å²) in [4.78, 5) is 34.3. The molecular weight excluding hydrogens is 544 g/mol. The molecule has 7 nitrogen and oxygen atoms in total. The number of benzene rings is 1. The fourth-order valence-corrected chi connectivity index (χ4v) is 8.88. The first-order valence-electron chi connectivity index (χ1n) is 15.8. The number of thiophene rings is 1. The number of aryl methyl sites for hydroxylation is 2. The van der Waals surface area contributed by atoms with Gasteiger partial charge in [-0.05, 0) is 91.3 Å². The number of carbonyl (C=O) groups excluding carboxylic acids is 2. The molecule has 1 aromatic carbocycles. The number of carbonyl (C=O) groups is 2. The van der Waals surface area contributed by atoms with Gasteiger partial charge in [-0.1, -0.05) is 29.3 Å². The Kier molecular flexibility index (Phi) is 7.62. The van der Waals surface area contributed by atoms with Gasteiger partial charge in [0.25, 0.3) is 0 Å². The molecule has 0 spiro atoms. The van der Waals surface area contributed by atoms with Crippen LogP contribution in [-0.4, -0.2) is 77.1 Å². The van der Waals surface area contributed by atoms with Crippen LogP contribution >= 0.6 is 11.3 Å². The Hall–Kier alpha value is -2.58. The van der Waals surface area contributed by atoms with Gasteiger partial charge in [-0.15, -0.1) is 11.3 Å². The second-order valence-corrected chi connectivity index (χ2v) is 15.7. The summed E-state index contributed by atoms with van der Waals surface area (Å²) < 4.78 is 5.63. The molecule has 2 bridgehead atoms. The topological polar surface area (TPSA) is 65.1 Å². The lowest BCUT2D eigenvalue weighted by Crippen LogP contribution is -2.50. The van der Waals surface area contributed by atoms with Crippen LogP contribution in [0, 0.1) is 13.8 Å². The number of anilines is 1. The van der Waals surface area contributed by atoms with Crippen LogP contribution in [0.4, 0.5) is 9.80 Å². The number of amides is 2. The van der Waals surface area contributed by atoms with Gasteiger partial charge in [0.1, 0.15) is 5.60 Å². The Balaban J connectivity index is 1.23. The predicted octanol–water partition coefficient (Wildman–Crippen LogP) is 6.60. The molecule has 2 unspecified atom stereocenters. The first kappa shape index (κ1) is 29.5. The second-order valence-electron chi connectivity index (χ2n) is 14.6. The van der Waals surface area contributed by atoms with Gasteiger partial charge in [0.15, 0.2) is 0 Å². The van der Waals surface area contributed by atoms with Gasteiger partial charge < -0.3 is 19.9 Å². The molecule has 3 saturated heterocycles. The normalized spacial score (nSPS) is 26.0. The van der Waals surface area contributed by atoms with E-state index in [9.17, 15) is 9.59 Å². The number of hydrogen-bond acceptors (Lipinski definition) is 6. The van der Waals surface area contributed by atoms with Crippen LogP contribution in [0.15, 0.2) is 24.3 Å². The van der Waals surface area contributed by atoms with Crippen molar-refractivity contribution in [1.29, 1.82) is 0 Å². The second kappa shape index (κ2) is 10.8. The summed E-state index contributed by atoms with van der Waals surface area (Å²) in [5.74, 6) is 0.557. The Morgan fingerprint density at radius 3 is 2.07 bits per heavy atom. The predicted molar refractivity (Wildman–Crippen MR) is 170 cm³/mol. The van der Waals surface area contributed by atoms with E-state index < -0.39 is 11.0 Å². The van der Waals surface area contributed by atoms with Crippen molar-refractivity contribution in [3.05, 3.63) is 51.4 Å². The molecule has 8 heteroatoms. The number of piperazine rings is 1. The minimum atomic E-state index is -0.541. The van der Waals surface area contributed by atoms with Crippen LogP contribution < -0.4 is 5.32 Å². The molecule has 0 aliphatic carbocycles. The molecule has 2 atom stereocenters. The lowest BCUT2D eigenvalue weighted by molar-refractivity contribution is -0.137. The molecule has 228 valence electrons. The van der Waals surface area contributed by atoms with Crippen molar-refractivity contribution in [2.45, 2.75) is 109 Å². The molecule has 5 heterocycles. The third-order valence-corrected chi connectivity index (χ3v) is 11.2. The van der Waals surface area contributed by atoms with Gasteiger partial charge in [-0.3, -0.25) is 9.69 Å². The highest BCUT2D eigenvalue weighted by molar-refractivity contribution is 7.16. The van der Waals surface area contributed by atoms with Crippen molar-refractivity contribution in [1.82, 2.24) is 14.7 Å². The molecule has 4 aliphatic rings. The van der Waals surface area contributed by atoms with E-state index in [0.29, 0.717) is 31.1 Å². The molecule has 0 saturated carbocycles. The van der Waals surface area contributed by atoms with E-state index in [1.54, 1.807) is 11.3 Å². The SMILES string of the molecule is Cc1cc(C)cc(C2Nc3sc(C(C)(C)C(=O)N4C5CCC4CC5)cc3C2CN2CCN(C(=O)OC(C)(C)C)CC2)c1. The molecule has 6 rings (SSSR count). The van der Waals surface area contributed by atoms with Gasteiger partial charge in [-0.25, -0.2) is 4.79 Å². The number of fused-ring (bicyclic) bond motifs is 3. The van der Waals surface area contributed by atoms with E-state index in [4.69, 9.17) is 4.74 Å². The summed E-state index contributed by atoms with van der Waals surface area (Å²) in [6.07, 6.45) is 4.43. The monoisotopic (exact) mass is 592 g/mol. The van der Waals surface area contributed by atoms with E-state index >= 15 is 0 Å². The number of nitrogens with one attached hydrogen (secondary N) is 1. The fraction of sp³-hybridized carbons (Fsp3) is 0.647. The zero-order chi connectivity index (χ0) is 30.0. The Bertz CT molecular complexity index is 1310. The summed E-state index contributed by atoms with van der Waals surface area (Å²) in [5.41, 5.74) is 4.18. The largest absolute Gasteiger partial charge is 0.444 e. The van der Waals surface area contributed by atoms with Crippen LogP contribution in [0.25, 0.3) is 0 Å². The molecule has 2 amide bonds. The quantitative estimate of drug-likeness (QED) is 0.424. The van der Waals surface area contributed by atoms with Crippen LogP contribution in [0.5, 0.6) is 0 Å². The van der Waals surface area contributed by atoms with Crippen LogP contribution in [0.1, 0.15) is 99.4 Å². The van der Waals surface area contributed by atoms with Crippen molar-refractivity contribution < 1.29 is 14.3 Å².